The molecule has 0 aromatic heterocycles. The fraction of sp³-hybridized carbons (Fsp3) is 0.857. The minimum absolute atomic E-state index is 0.265. The highest BCUT2D eigenvalue weighted by Gasteiger charge is 2.39. The molecule has 0 amide bonds. The van der Waals surface area contributed by atoms with Crippen LogP contribution in [-0.4, -0.2) is 14.4 Å². The molecule has 0 aliphatic rings. The van der Waals surface area contributed by atoms with Crippen LogP contribution in [0.25, 0.3) is 0 Å². The smallest absolute Gasteiger partial charge is 0.192 e. The van der Waals surface area contributed by atoms with Crippen LogP contribution in [0.5, 0.6) is 0 Å². The van der Waals surface area contributed by atoms with E-state index in [2.05, 4.69) is 54.3 Å². The number of unbranched alkanes of at least 4 members (excludes halogenated alkanes) is 1. The van der Waals surface area contributed by atoms with E-state index in [0.717, 1.165) is 6.42 Å². The molecular weight excluding hydrogens is 212 g/mol. The Hall–Kier alpha value is -0.0831. The standard InChI is InChI=1S/C14H30OSi/c1-9-10-11-13(12(2)3)15-16(7,8)14(4,5)6/h13H,2,9-11H2,1,3-8H3/t13-/m0/s1. The molecule has 0 N–H and O–H groups in total. The minimum Gasteiger partial charge on any atom is -0.410 e. The van der Waals surface area contributed by atoms with E-state index in [1.165, 1.54) is 18.4 Å². The summed E-state index contributed by atoms with van der Waals surface area (Å²) in [6, 6.07) is 0. The summed E-state index contributed by atoms with van der Waals surface area (Å²) in [5.74, 6) is 0. The van der Waals surface area contributed by atoms with Gasteiger partial charge in [0.2, 0.25) is 0 Å². The zero-order valence-electron chi connectivity index (χ0n) is 12.3. The normalized spacial score (nSPS) is 14.9. The van der Waals surface area contributed by atoms with Crippen molar-refractivity contribution >= 4 is 8.32 Å². The van der Waals surface area contributed by atoms with Crippen LogP contribution in [0.15, 0.2) is 12.2 Å². The van der Waals surface area contributed by atoms with Crippen molar-refractivity contribution < 1.29 is 4.43 Å². The largest absolute Gasteiger partial charge is 0.410 e. The summed E-state index contributed by atoms with van der Waals surface area (Å²) in [5.41, 5.74) is 1.18. The van der Waals surface area contributed by atoms with Crippen LogP contribution in [-0.2, 0) is 4.43 Å². The van der Waals surface area contributed by atoms with Gasteiger partial charge in [0.05, 0.1) is 6.10 Å². The maximum atomic E-state index is 6.41. The third-order valence-corrected chi connectivity index (χ3v) is 8.10. The molecule has 0 bridgehead atoms. The van der Waals surface area contributed by atoms with Gasteiger partial charge in [-0.15, -0.1) is 0 Å². The molecule has 0 aliphatic heterocycles. The molecule has 0 aliphatic carbocycles. The van der Waals surface area contributed by atoms with E-state index in [9.17, 15) is 0 Å². The topological polar surface area (TPSA) is 9.23 Å². The lowest BCUT2D eigenvalue weighted by molar-refractivity contribution is 0.201. The van der Waals surface area contributed by atoms with Crippen molar-refractivity contribution in [2.24, 2.45) is 0 Å². The van der Waals surface area contributed by atoms with Gasteiger partial charge in [-0.1, -0.05) is 52.7 Å². The van der Waals surface area contributed by atoms with Crippen LogP contribution in [0.2, 0.25) is 18.1 Å². The first-order chi connectivity index (χ1) is 7.12. The van der Waals surface area contributed by atoms with E-state index in [0.29, 0.717) is 0 Å². The van der Waals surface area contributed by atoms with Gasteiger partial charge >= 0.3 is 0 Å². The molecule has 1 atom stereocenters. The Bertz CT molecular complexity index is 225. The molecule has 96 valence electrons. The van der Waals surface area contributed by atoms with Gasteiger partial charge in [-0.3, -0.25) is 0 Å². The summed E-state index contributed by atoms with van der Waals surface area (Å²) in [4.78, 5) is 0. The van der Waals surface area contributed by atoms with E-state index in [1.807, 2.05) is 0 Å². The molecule has 0 rings (SSSR count). The summed E-state index contributed by atoms with van der Waals surface area (Å²) >= 11 is 0. The summed E-state index contributed by atoms with van der Waals surface area (Å²) in [6.07, 6.45) is 3.84. The molecule has 16 heavy (non-hydrogen) atoms. The quantitative estimate of drug-likeness (QED) is 0.463. The van der Waals surface area contributed by atoms with Crippen LogP contribution in [0.1, 0.15) is 53.9 Å². The summed E-state index contributed by atoms with van der Waals surface area (Å²) in [7, 11) is -1.64. The Balaban J connectivity index is 4.56. The molecule has 0 fully saturated rings. The molecule has 0 unspecified atom stereocenters. The average molecular weight is 242 g/mol. The first-order valence-corrected chi connectivity index (χ1v) is 9.36. The Morgan fingerprint density at radius 1 is 1.31 bits per heavy atom. The monoisotopic (exact) mass is 242 g/mol. The molecule has 0 saturated heterocycles. The average Bonchev–Trinajstić information content (AvgIpc) is 2.09. The van der Waals surface area contributed by atoms with Gasteiger partial charge in [0.15, 0.2) is 8.32 Å². The van der Waals surface area contributed by atoms with Crippen molar-refractivity contribution in [3.05, 3.63) is 12.2 Å². The van der Waals surface area contributed by atoms with Gasteiger partial charge in [0.1, 0.15) is 0 Å². The van der Waals surface area contributed by atoms with Gasteiger partial charge < -0.3 is 4.43 Å². The Labute approximate surface area is 103 Å². The molecular formula is C14H30OSi. The van der Waals surface area contributed by atoms with Crippen LogP contribution < -0.4 is 0 Å². The second kappa shape index (κ2) is 6.01. The highest BCUT2D eigenvalue weighted by atomic mass is 28.4. The molecule has 1 nitrogen and oxygen atoms in total. The first-order valence-electron chi connectivity index (χ1n) is 6.45. The second-order valence-corrected chi connectivity index (χ2v) is 11.1. The third-order valence-electron chi connectivity index (χ3n) is 3.61. The van der Waals surface area contributed by atoms with Crippen molar-refractivity contribution in [3.8, 4) is 0 Å². The molecule has 0 aromatic rings. The predicted molar refractivity (Wildman–Crippen MR) is 76.4 cm³/mol. The van der Waals surface area contributed by atoms with Crippen molar-refractivity contribution in [1.82, 2.24) is 0 Å². The summed E-state index contributed by atoms with van der Waals surface area (Å²) < 4.78 is 6.41. The van der Waals surface area contributed by atoms with Gasteiger partial charge in [0.25, 0.3) is 0 Å². The number of rotatable bonds is 6. The summed E-state index contributed by atoms with van der Waals surface area (Å²) in [5, 5.41) is 0.285. The van der Waals surface area contributed by atoms with E-state index < -0.39 is 8.32 Å². The number of hydrogen-bond donors (Lipinski definition) is 0. The molecule has 0 heterocycles. The van der Waals surface area contributed by atoms with Gasteiger partial charge in [-0.05, 0) is 31.5 Å². The molecule has 2 heteroatoms. The zero-order chi connectivity index (χ0) is 13.0. The highest BCUT2D eigenvalue weighted by molar-refractivity contribution is 6.74. The van der Waals surface area contributed by atoms with Crippen LogP contribution >= 0.6 is 0 Å². The highest BCUT2D eigenvalue weighted by Crippen LogP contribution is 2.38. The van der Waals surface area contributed by atoms with Gasteiger partial charge in [-0.25, -0.2) is 0 Å². The number of hydrogen-bond acceptors (Lipinski definition) is 1. The Kier molecular flexibility index (Phi) is 5.98. The summed E-state index contributed by atoms with van der Waals surface area (Å²) in [6.45, 7) is 19.9. The van der Waals surface area contributed by atoms with E-state index in [1.54, 1.807) is 0 Å². The van der Waals surface area contributed by atoms with Crippen molar-refractivity contribution in [2.75, 3.05) is 0 Å². The van der Waals surface area contributed by atoms with Crippen LogP contribution in [0.3, 0.4) is 0 Å². The molecule has 0 aromatic carbocycles. The SMILES string of the molecule is C=C(C)[C@H](CCCC)O[Si](C)(C)C(C)(C)C. The second-order valence-electron chi connectivity index (χ2n) is 6.36. The van der Waals surface area contributed by atoms with Crippen molar-refractivity contribution in [3.63, 3.8) is 0 Å². The third kappa shape index (κ3) is 4.83. The lowest BCUT2D eigenvalue weighted by atomic mass is 10.1. The predicted octanol–water partition coefficient (Wildman–Crippen LogP) is 5.14. The van der Waals surface area contributed by atoms with E-state index in [-0.39, 0.29) is 11.1 Å². The van der Waals surface area contributed by atoms with Crippen LogP contribution in [0.4, 0.5) is 0 Å². The Morgan fingerprint density at radius 3 is 2.12 bits per heavy atom. The van der Waals surface area contributed by atoms with Crippen LogP contribution in [0, 0.1) is 0 Å². The fourth-order valence-corrected chi connectivity index (χ4v) is 2.71. The maximum Gasteiger partial charge on any atom is 0.192 e. The van der Waals surface area contributed by atoms with Gasteiger partial charge in [0, 0.05) is 0 Å². The lowest BCUT2D eigenvalue weighted by Gasteiger charge is -2.39. The fourth-order valence-electron chi connectivity index (χ4n) is 1.33. The maximum absolute atomic E-state index is 6.41. The van der Waals surface area contributed by atoms with Gasteiger partial charge in [-0.2, -0.15) is 0 Å². The minimum atomic E-state index is -1.64. The molecule has 0 saturated carbocycles. The van der Waals surface area contributed by atoms with E-state index in [4.69, 9.17) is 4.43 Å². The Morgan fingerprint density at radius 2 is 1.81 bits per heavy atom. The first kappa shape index (κ1) is 15.9. The lowest BCUT2D eigenvalue weighted by Crippen LogP contribution is -2.44. The molecule has 0 radical (unpaired) electrons. The van der Waals surface area contributed by atoms with Crippen molar-refractivity contribution in [1.29, 1.82) is 0 Å². The zero-order valence-corrected chi connectivity index (χ0v) is 13.3. The van der Waals surface area contributed by atoms with Crippen molar-refractivity contribution in [2.45, 2.75) is 78.1 Å². The molecule has 0 spiro atoms. The van der Waals surface area contributed by atoms with E-state index >= 15 is 0 Å².